The van der Waals surface area contributed by atoms with Crippen LogP contribution in [0.15, 0.2) is 10.4 Å². The Hall–Kier alpha value is 1.04. The Morgan fingerprint density at radius 3 is 1.80 bits per heavy atom. The summed E-state index contributed by atoms with van der Waals surface area (Å²) in [5, 5.41) is 13.7. The molecule has 0 aliphatic carbocycles. The monoisotopic (exact) mass is 98.0 g/mol. The van der Waals surface area contributed by atoms with E-state index >= 15 is 0 Å². The Balaban J connectivity index is 0. The first-order valence-corrected chi connectivity index (χ1v) is 0.830. The van der Waals surface area contributed by atoms with Crippen LogP contribution in [0.2, 0.25) is 0 Å². The summed E-state index contributed by atoms with van der Waals surface area (Å²) in [5.74, 6) is 0. The van der Waals surface area contributed by atoms with Gasteiger partial charge in [0.1, 0.15) is 0 Å². The van der Waals surface area contributed by atoms with Crippen LogP contribution in [0.3, 0.4) is 0 Å². The molecule has 0 amide bonds. The van der Waals surface area contributed by atoms with Gasteiger partial charge in [-0.3, -0.25) is 0 Å². The molecule has 0 aromatic heterocycles. The van der Waals surface area contributed by atoms with Crippen LogP contribution in [0.25, 0.3) is 0 Å². The van der Waals surface area contributed by atoms with Crippen molar-refractivity contribution in [1.82, 2.24) is 0 Å². The van der Waals surface area contributed by atoms with Gasteiger partial charge in [-0.25, -0.2) is 10.4 Å². The van der Waals surface area contributed by atoms with E-state index < -0.39 is 0 Å². The molecule has 0 atom stereocenters. The second-order valence-electron chi connectivity index (χ2n) is 0.282. The van der Waals surface area contributed by atoms with Crippen molar-refractivity contribution in [1.29, 1.82) is 0 Å². The van der Waals surface area contributed by atoms with Crippen molar-refractivity contribution in [2.45, 2.75) is 0 Å². The van der Waals surface area contributed by atoms with Crippen LogP contribution in [0, 0.1) is 5.21 Å². The van der Waals surface area contributed by atoms with Crippen LogP contribution in [0.4, 0.5) is 0 Å². The molecular weight excluding hydrogens is 95.1 g/mol. The molecule has 0 rings (SSSR count). The van der Waals surface area contributed by atoms with Gasteiger partial charge in [-0.15, -0.1) is 0 Å². The average molecular weight is 98.1 g/mol. The minimum Gasteiger partial charge on any atom is -0.775 e. The fourth-order valence-electron chi connectivity index (χ4n) is 0. The number of hydrogen-bond acceptors (Lipinski definition) is 3. The molecule has 0 aromatic rings. The van der Waals surface area contributed by atoms with Gasteiger partial charge >= 0.3 is 51.4 Å². The van der Waals surface area contributed by atoms with E-state index in [0.717, 1.165) is 0 Å². The molecule has 4 heteroatoms. The van der Waals surface area contributed by atoms with Crippen molar-refractivity contribution in [3.05, 3.63) is 5.21 Å². The molecule has 0 spiro atoms. The Morgan fingerprint density at radius 2 is 1.80 bits per heavy atom. The minimum atomic E-state index is 0. The molecule has 0 N–H and O–H groups in total. The fourth-order valence-corrected chi connectivity index (χ4v) is 0. The smallest absolute Gasteiger partial charge is 0.775 e. The summed E-state index contributed by atoms with van der Waals surface area (Å²) in [6.45, 7) is 0. The normalized spacial score (nSPS) is 7.40. The third kappa shape index (κ3) is 11.2. The molecule has 0 aromatic carbocycles. The van der Waals surface area contributed by atoms with Gasteiger partial charge in [-0.05, 0) is 0 Å². The first kappa shape index (κ1) is 9.40. The maximum Gasteiger partial charge on any atom is 1.00 e. The molecule has 0 heterocycles. The molecule has 3 nitrogen and oxygen atoms in total. The van der Waals surface area contributed by atoms with Crippen LogP contribution in [0.5, 0.6) is 0 Å². The molecule has 0 aliphatic rings. The van der Waals surface area contributed by atoms with Crippen molar-refractivity contribution in [2.24, 2.45) is 10.4 Å². The third-order valence-electron chi connectivity index (χ3n) is 0.0816. The van der Waals surface area contributed by atoms with Crippen molar-refractivity contribution < 1.29 is 51.4 Å². The standard InChI is InChI=1S/CH4N2O.K/c1-2-3-4;/h1H3,(H,2,4);/q;+1/p-1. The van der Waals surface area contributed by atoms with E-state index in [2.05, 4.69) is 10.4 Å². The van der Waals surface area contributed by atoms with Crippen molar-refractivity contribution in [2.75, 3.05) is 7.05 Å². The van der Waals surface area contributed by atoms with E-state index in [-0.39, 0.29) is 51.4 Å². The van der Waals surface area contributed by atoms with E-state index in [1.165, 1.54) is 7.05 Å². The quantitative estimate of drug-likeness (QED) is 0.189. The molecule has 0 unspecified atom stereocenters. The van der Waals surface area contributed by atoms with E-state index in [9.17, 15) is 0 Å². The zero-order valence-corrected chi connectivity index (χ0v) is 6.43. The van der Waals surface area contributed by atoms with Gasteiger partial charge in [0.25, 0.3) is 0 Å². The zero-order chi connectivity index (χ0) is 3.41. The van der Waals surface area contributed by atoms with E-state index in [1.807, 2.05) is 0 Å². The summed E-state index contributed by atoms with van der Waals surface area (Å²) >= 11 is 0. The SMILES string of the molecule is CN=N[O-].[K+]. The van der Waals surface area contributed by atoms with E-state index in [1.54, 1.807) is 0 Å². The Bertz CT molecular complexity index is 24.8. The van der Waals surface area contributed by atoms with Crippen LogP contribution >= 0.6 is 0 Å². The van der Waals surface area contributed by atoms with Crippen LogP contribution in [0.1, 0.15) is 0 Å². The van der Waals surface area contributed by atoms with Gasteiger partial charge in [0.2, 0.25) is 0 Å². The fraction of sp³-hybridized carbons (Fsp3) is 1.00. The molecule has 0 bridgehead atoms. The maximum atomic E-state index is 8.76. The Labute approximate surface area is 72.9 Å². The van der Waals surface area contributed by atoms with Gasteiger partial charge in [-0.1, -0.05) is 0 Å². The molecule has 0 saturated carbocycles. The predicted octanol–water partition coefficient (Wildman–Crippen LogP) is -2.43. The third-order valence-corrected chi connectivity index (χ3v) is 0.0816. The second-order valence-corrected chi connectivity index (χ2v) is 0.282. The van der Waals surface area contributed by atoms with Crippen LogP contribution in [-0.4, -0.2) is 7.05 Å². The molecule has 0 radical (unpaired) electrons. The molecule has 0 saturated heterocycles. The molecule has 5 heavy (non-hydrogen) atoms. The van der Waals surface area contributed by atoms with E-state index in [4.69, 9.17) is 5.21 Å². The van der Waals surface area contributed by atoms with Crippen molar-refractivity contribution >= 4 is 0 Å². The van der Waals surface area contributed by atoms with Crippen molar-refractivity contribution in [3.63, 3.8) is 0 Å². The summed E-state index contributed by atoms with van der Waals surface area (Å²) in [6, 6.07) is 0. The van der Waals surface area contributed by atoms with Gasteiger partial charge < -0.3 is 5.21 Å². The molecule has 0 aliphatic heterocycles. The predicted molar refractivity (Wildman–Crippen MR) is 14.1 cm³/mol. The zero-order valence-electron chi connectivity index (χ0n) is 3.30. The summed E-state index contributed by atoms with van der Waals surface area (Å²) in [5.41, 5.74) is 0. The molecule has 0 fully saturated rings. The maximum absolute atomic E-state index is 8.76. The topological polar surface area (TPSA) is 47.8 Å². The summed E-state index contributed by atoms with van der Waals surface area (Å²) in [6.07, 6.45) is 0. The van der Waals surface area contributed by atoms with Crippen LogP contribution in [-0.2, 0) is 0 Å². The summed E-state index contributed by atoms with van der Waals surface area (Å²) in [4.78, 5) is 0. The first-order chi connectivity index (χ1) is 1.91. The average Bonchev–Trinajstić information content (AvgIpc) is 1.37. The molecular formula is CH3KN2O. The Morgan fingerprint density at radius 1 is 1.60 bits per heavy atom. The largest absolute Gasteiger partial charge is 1.00 e. The van der Waals surface area contributed by atoms with Crippen LogP contribution < -0.4 is 51.4 Å². The van der Waals surface area contributed by atoms with Gasteiger partial charge in [-0.2, -0.15) is 0 Å². The van der Waals surface area contributed by atoms with Gasteiger partial charge in [0.15, 0.2) is 0 Å². The summed E-state index contributed by atoms with van der Waals surface area (Å²) in [7, 11) is 1.33. The van der Waals surface area contributed by atoms with Gasteiger partial charge in [0, 0.05) is 7.05 Å². The van der Waals surface area contributed by atoms with Gasteiger partial charge in [0.05, 0.1) is 0 Å². The number of nitrogens with zero attached hydrogens (tertiary/aromatic N) is 2. The first-order valence-electron chi connectivity index (χ1n) is 0.830. The second kappa shape index (κ2) is 8.90. The van der Waals surface area contributed by atoms with Crippen molar-refractivity contribution in [3.8, 4) is 0 Å². The molecule has 24 valence electrons. The summed E-state index contributed by atoms with van der Waals surface area (Å²) < 4.78 is 0. The number of rotatable bonds is 0. The van der Waals surface area contributed by atoms with E-state index in [0.29, 0.717) is 0 Å². The Kier molecular flexibility index (Phi) is 16.7. The minimum absolute atomic E-state index is 0. The number of hydrogen-bond donors (Lipinski definition) is 0.